The van der Waals surface area contributed by atoms with Crippen LogP contribution >= 0.6 is 11.3 Å². The maximum absolute atomic E-state index is 12.4. The van der Waals surface area contributed by atoms with Gasteiger partial charge in [-0.3, -0.25) is 10.1 Å². The lowest BCUT2D eigenvalue weighted by Crippen LogP contribution is -2.12. The number of hydrogen-bond donors (Lipinski definition) is 1. The summed E-state index contributed by atoms with van der Waals surface area (Å²) >= 11 is 1.63. The second-order valence-corrected chi connectivity index (χ2v) is 7.15. The average molecular weight is 300 g/mol. The van der Waals surface area contributed by atoms with Crippen molar-refractivity contribution >= 4 is 22.4 Å². The number of thiazole rings is 1. The SMILES string of the molecule is Cc1cc(C)cc(C(=O)Nc2nc3c(s2)C[C@H](C)CC3)c1. The van der Waals surface area contributed by atoms with Crippen molar-refractivity contribution in [3.63, 3.8) is 0 Å². The van der Waals surface area contributed by atoms with Gasteiger partial charge in [-0.2, -0.15) is 0 Å². The van der Waals surface area contributed by atoms with Crippen molar-refractivity contribution in [1.82, 2.24) is 4.98 Å². The molecule has 1 atom stereocenters. The van der Waals surface area contributed by atoms with Crippen molar-refractivity contribution in [3.05, 3.63) is 45.5 Å². The molecular weight excluding hydrogens is 280 g/mol. The number of aryl methyl sites for hydroxylation is 3. The largest absolute Gasteiger partial charge is 0.298 e. The molecule has 1 heterocycles. The third-order valence-electron chi connectivity index (χ3n) is 3.89. The first-order valence-corrected chi connectivity index (χ1v) is 8.21. The molecule has 0 aliphatic heterocycles. The number of anilines is 1. The zero-order chi connectivity index (χ0) is 15.0. The molecule has 0 saturated heterocycles. The maximum atomic E-state index is 12.4. The second-order valence-electron chi connectivity index (χ2n) is 6.07. The zero-order valence-electron chi connectivity index (χ0n) is 12.7. The third-order valence-corrected chi connectivity index (χ3v) is 4.93. The van der Waals surface area contributed by atoms with E-state index in [0.717, 1.165) is 35.0 Å². The van der Waals surface area contributed by atoms with E-state index in [4.69, 9.17) is 0 Å². The fraction of sp³-hybridized carbons (Fsp3) is 0.412. The van der Waals surface area contributed by atoms with Crippen LogP contribution in [0.5, 0.6) is 0 Å². The Morgan fingerprint density at radius 2 is 2.00 bits per heavy atom. The molecule has 1 aromatic heterocycles. The van der Waals surface area contributed by atoms with Crippen LogP contribution in [0.3, 0.4) is 0 Å². The molecule has 2 aromatic rings. The molecule has 1 N–H and O–H groups in total. The minimum Gasteiger partial charge on any atom is -0.298 e. The van der Waals surface area contributed by atoms with Gasteiger partial charge in [0, 0.05) is 10.4 Å². The van der Waals surface area contributed by atoms with E-state index < -0.39 is 0 Å². The van der Waals surface area contributed by atoms with Gasteiger partial charge in [-0.05, 0) is 51.2 Å². The Bertz CT molecular complexity index is 670. The van der Waals surface area contributed by atoms with Gasteiger partial charge in [-0.25, -0.2) is 4.98 Å². The molecule has 0 saturated carbocycles. The number of rotatable bonds is 2. The van der Waals surface area contributed by atoms with Crippen molar-refractivity contribution in [2.45, 2.75) is 40.0 Å². The number of aromatic nitrogens is 1. The molecule has 1 aliphatic carbocycles. The molecule has 0 bridgehead atoms. The molecule has 4 heteroatoms. The molecule has 1 aliphatic rings. The number of hydrogen-bond acceptors (Lipinski definition) is 3. The molecule has 0 fully saturated rings. The second kappa shape index (κ2) is 5.60. The van der Waals surface area contributed by atoms with Gasteiger partial charge >= 0.3 is 0 Å². The molecular formula is C17H20N2OS. The number of amides is 1. The fourth-order valence-corrected chi connectivity index (χ4v) is 4.03. The van der Waals surface area contributed by atoms with E-state index in [1.54, 1.807) is 11.3 Å². The number of fused-ring (bicyclic) bond motifs is 1. The van der Waals surface area contributed by atoms with Gasteiger partial charge in [0.25, 0.3) is 5.91 Å². The number of benzene rings is 1. The van der Waals surface area contributed by atoms with Gasteiger partial charge in [-0.1, -0.05) is 24.1 Å². The topological polar surface area (TPSA) is 42.0 Å². The highest BCUT2D eigenvalue weighted by atomic mass is 32.1. The van der Waals surface area contributed by atoms with E-state index in [1.807, 2.05) is 26.0 Å². The number of carbonyl (C=O) groups is 1. The molecule has 1 amide bonds. The number of nitrogens with zero attached hydrogens (tertiary/aromatic N) is 1. The summed E-state index contributed by atoms with van der Waals surface area (Å²) in [6.45, 7) is 6.29. The highest BCUT2D eigenvalue weighted by Gasteiger charge is 2.20. The predicted molar refractivity (Wildman–Crippen MR) is 87.2 cm³/mol. The van der Waals surface area contributed by atoms with Crippen LogP contribution in [0.15, 0.2) is 18.2 Å². The standard InChI is InChI=1S/C17H20N2OS/c1-10-4-5-14-15(9-10)21-17(18-14)19-16(20)13-7-11(2)6-12(3)8-13/h6-8,10H,4-5,9H2,1-3H3,(H,18,19,20)/t10-/m1/s1. The lowest BCUT2D eigenvalue weighted by molar-refractivity contribution is 0.102. The van der Waals surface area contributed by atoms with Crippen LogP contribution in [-0.4, -0.2) is 10.9 Å². The molecule has 3 rings (SSSR count). The summed E-state index contributed by atoms with van der Waals surface area (Å²) in [5, 5.41) is 3.69. The smallest absolute Gasteiger partial charge is 0.257 e. The Labute approximate surface area is 129 Å². The summed E-state index contributed by atoms with van der Waals surface area (Å²) in [6, 6.07) is 5.90. The van der Waals surface area contributed by atoms with E-state index in [1.165, 1.54) is 17.0 Å². The van der Waals surface area contributed by atoms with Crippen molar-refractivity contribution in [1.29, 1.82) is 0 Å². The van der Waals surface area contributed by atoms with E-state index in [-0.39, 0.29) is 5.91 Å². The third kappa shape index (κ3) is 3.16. The Balaban J connectivity index is 1.79. The summed E-state index contributed by atoms with van der Waals surface area (Å²) in [4.78, 5) is 18.3. The van der Waals surface area contributed by atoms with Crippen LogP contribution in [0.2, 0.25) is 0 Å². The van der Waals surface area contributed by atoms with E-state index in [9.17, 15) is 4.79 Å². The quantitative estimate of drug-likeness (QED) is 0.905. The van der Waals surface area contributed by atoms with Crippen LogP contribution in [0.1, 0.15) is 45.4 Å². The summed E-state index contributed by atoms with van der Waals surface area (Å²) in [5.74, 6) is 0.655. The molecule has 0 spiro atoms. The predicted octanol–water partition coefficient (Wildman–Crippen LogP) is 4.14. The molecule has 0 unspecified atom stereocenters. The first-order chi connectivity index (χ1) is 10.0. The highest BCUT2D eigenvalue weighted by molar-refractivity contribution is 7.15. The van der Waals surface area contributed by atoms with Gasteiger partial charge in [0.05, 0.1) is 5.69 Å². The Morgan fingerprint density at radius 1 is 1.29 bits per heavy atom. The minimum atomic E-state index is -0.0686. The van der Waals surface area contributed by atoms with Gasteiger partial charge in [0.15, 0.2) is 5.13 Å². The summed E-state index contributed by atoms with van der Waals surface area (Å²) in [7, 11) is 0. The van der Waals surface area contributed by atoms with E-state index in [0.29, 0.717) is 5.56 Å². The fourth-order valence-electron chi connectivity index (χ4n) is 2.87. The zero-order valence-corrected chi connectivity index (χ0v) is 13.5. The van der Waals surface area contributed by atoms with Crippen LogP contribution in [0.4, 0.5) is 5.13 Å². The molecule has 21 heavy (non-hydrogen) atoms. The molecule has 110 valence electrons. The van der Waals surface area contributed by atoms with Crippen molar-refractivity contribution in [2.24, 2.45) is 5.92 Å². The Hall–Kier alpha value is -1.68. The molecule has 0 radical (unpaired) electrons. The highest BCUT2D eigenvalue weighted by Crippen LogP contribution is 2.32. The summed E-state index contributed by atoms with van der Waals surface area (Å²) in [5.41, 5.74) is 4.09. The normalized spacial score (nSPS) is 17.4. The number of nitrogens with one attached hydrogen (secondary N) is 1. The first kappa shape index (κ1) is 14.3. The lowest BCUT2D eigenvalue weighted by Gasteiger charge is -2.15. The Morgan fingerprint density at radius 3 is 2.71 bits per heavy atom. The van der Waals surface area contributed by atoms with E-state index >= 15 is 0 Å². The summed E-state index contributed by atoms with van der Waals surface area (Å²) < 4.78 is 0. The molecule has 1 aromatic carbocycles. The van der Waals surface area contributed by atoms with Crippen LogP contribution in [-0.2, 0) is 12.8 Å². The van der Waals surface area contributed by atoms with Gasteiger partial charge < -0.3 is 0 Å². The van der Waals surface area contributed by atoms with E-state index in [2.05, 4.69) is 23.3 Å². The summed E-state index contributed by atoms with van der Waals surface area (Å²) in [6.07, 6.45) is 3.32. The first-order valence-electron chi connectivity index (χ1n) is 7.39. The maximum Gasteiger partial charge on any atom is 0.257 e. The minimum absolute atomic E-state index is 0.0686. The van der Waals surface area contributed by atoms with Crippen molar-refractivity contribution in [3.8, 4) is 0 Å². The average Bonchev–Trinajstić information content (AvgIpc) is 2.78. The molecule has 3 nitrogen and oxygen atoms in total. The van der Waals surface area contributed by atoms with Crippen molar-refractivity contribution < 1.29 is 4.79 Å². The van der Waals surface area contributed by atoms with Crippen LogP contribution in [0.25, 0.3) is 0 Å². The van der Waals surface area contributed by atoms with Gasteiger partial charge in [0.1, 0.15) is 0 Å². The van der Waals surface area contributed by atoms with Crippen LogP contribution in [0, 0.1) is 19.8 Å². The lowest BCUT2D eigenvalue weighted by atomic mass is 9.93. The monoisotopic (exact) mass is 300 g/mol. The van der Waals surface area contributed by atoms with Crippen molar-refractivity contribution in [2.75, 3.05) is 5.32 Å². The van der Waals surface area contributed by atoms with Gasteiger partial charge in [-0.15, -0.1) is 11.3 Å². The van der Waals surface area contributed by atoms with Gasteiger partial charge in [0.2, 0.25) is 0 Å². The Kier molecular flexibility index (Phi) is 3.81. The number of carbonyl (C=O) groups excluding carboxylic acids is 1. The van der Waals surface area contributed by atoms with Crippen LogP contribution < -0.4 is 5.32 Å².